The van der Waals surface area contributed by atoms with Crippen LogP contribution in [0.1, 0.15) is 12.8 Å². The van der Waals surface area contributed by atoms with Gasteiger partial charge in [0, 0.05) is 19.1 Å². The van der Waals surface area contributed by atoms with E-state index in [0.29, 0.717) is 21.6 Å². The first-order valence-electron chi connectivity index (χ1n) is 5.01. The number of rotatable bonds is 2. The summed E-state index contributed by atoms with van der Waals surface area (Å²) >= 11 is 6.83. The summed E-state index contributed by atoms with van der Waals surface area (Å²) in [7, 11) is -3.39. The molecule has 1 atom stereocenters. The van der Waals surface area contributed by atoms with E-state index in [1.165, 1.54) is 4.31 Å². The monoisotopic (exact) mass is 280 g/mol. The molecule has 2 rings (SSSR count). The van der Waals surface area contributed by atoms with Gasteiger partial charge < -0.3 is 5.73 Å². The van der Waals surface area contributed by atoms with Crippen LogP contribution in [0.3, 0.4) is 0 Å². The standard InChI is InChI=1S/C9H13ClN2O2S2/c10-8-3-4-9(15-8)16(13,14)12-5-1-2-7(11)6-12/h3-4,7H,1-2,5-6,11H2/t7-/m1/s1. The van der Waals surface area contributed by atoms with Crippen molar-refractivity contribution in [2.75, 3.05) is 13.1 Å². The van der Waals surface area contributed by atoms with Crippen molar-refractivity contribution < 1.29 is 8.42 Å². The highest BCUT2D eigenvalue weighted by molar-refractivity contribution is 7.91. The SMILES string of the molecule is N[C@@H]1CCCN(S(=O)(=O)c2ccc(Cl)s2)C1. The van der Waals surface area contributed by atoms with Crippen molar-refractivity contribution in [1.29, 1.82) is 0 Å². The third-order valence-corrected chi connectivity index (χ3v) is 6.13. The predicted octanol–water partition coefficient (Wildman–Crippen LogP) is 1.51. The summed E-state index contributed by atoms with van der Waals surface area (Å²) in [6.45, 7) is 0.948. The molecule has 1 aromatic rings. The molecule has 0 aliphatic carbocycles. The lowest BCUT2D eigenvalue weighted by molar-refractivity contribution is 0.316. The van der Waals surface area contributed by atoms with Crippen LogP contribution < -0.4 is 5.73 Å². The van der Waals surface area contributed by atoms with Crippen molar-refractivity contribution >= 4 is 33.0 Å². The molecule has 0 unspecified atom stereocenters. The highest BCUT2D eigenvalue weighted by atomic mass is 35.5. The molecule has 2 N–H and O–H groups in total. The third kappa shape index (κ3) is 2.41. The van der Waals surface area contributed by atoms with Crippen LogP contribution in [0.25, 0.3) is 0 Å². The fourth-order valence-electron chi connectivity index (χ4n) is 1.76. The maximum absolute atomic E-state index is 12.2. The van der Waals surface area contributed by atoms with E-state index in [9.17, 15) is 8.42 Å². The van der Waals surface area contributed by atoms with E-state index in [-0.39, 0.29) is 6.04 Å². The van der Waals surface area contributed by atoms with Gasteiger partial charge in [-0.15, -0.1) is 11.3 Å². The van der Waals surface area contributed by atoms with Gasteiger partial charge in [-0.3, -0.25) is 0 Å². The summed E-state index contributed by atoms with van der Waals surface area (Å²) in [5, 5.41) is 0. The van der Waals surface area contributed by atoms with Gasteiger partial charge in [0.1, 0.15) is 4.21 Å². The Morgan fingerprint density at radius 3 is 2.81 bits per heavy atom. The number of halogens is 1. The second kappa shape index (κ2) is 4.62. The topological polar surface area (TPSA) is 63.4 Å². The van der Waals surface area contributed by atoms with Gasteiger partial charge in [0.05, 0.1) is 4.34 Å². The van der Waals surface area contributed by atoms with E-state index in [1.807, 2.05) is 0 Å². The van der Waals surface area contributed by atoms with Crippen molar-refractivity contribution in [3.05, 3.63) is 16.5 Å². The third-order valence-electron chi connectivity index (χ3n) is 2.56. The smallest absolute Gasteiger partial charge is 0.252 e. The van der Waals surface area contributed by atoms with E-state index in [2.05, 4.69) is 0 Å². The first-order valence-corrected chi connectivity index (χ1v) is 7.64. The minimum Gasteiger partial charge on any atom is -0.327 e. The average molecular weight is 281 g/mol. The molecule has 1 aliphatic heterocycles. The second-order valence-corrected chi connectivity index (χ2v) is 7.70. The molecule has 4 nitrogen and oxygen atoms in total. The first-order chi connectivity index (χ1) is 7.50. The number of nitrogens with two attached hydrogens (primary N) is 1. The first kappa shape index (κ1) is 12.3. The number of piperidine rings is 1. The van der Waals surface area contributed by atoms with Crippen molar-refractivity contribution in [2.24, 2.45) is 5.73 Å². The summed E-state index contributed by atoms with van der Waals surface area (Å²) < 4.78 is 26.6. The molecular formula is C9H13ClN2O2S2. The molecule has 0 saturated carbocycles. The van der Waals surface area contributed by atoms with Crippen LogP contribution in [-0.4, -0.2) is 31.9 Å². The molecule has 1 aromatic heterocycles. The predicted molar refractivity (Wildman–Crippen MR) is 65.3 cm³/mol. The maximum atomic E-state index is 12.2. The van der Waals surface area contributed by atoms with Gasteiger partial charge in [0.25, 0.3) is 10.0 Å². The lowest BCUT2D eigenvalue weighted by atomic mass is 10.1. The Morgan fingerprint density at radius 2 is 2.25 bits per heavy atom. The Kier molecular flexibility index (Phi) is 3.56. The van der Waals surface area contributed by atoms with Gasteiger partial charge in [-0.25, -0.2) is 8.42 Å². The Hall–Kier alpha value is -0.140. The molecule has 0 spiro atoms. The van der Waals surface area contributed by atoms with Crippen LogP contribution in [-0.2, 0) is 10.0 Å². The van der Waals surface area contributed by atoms with Gasteiger partial charge in [-0.1, -0.05) is 11.6 Å². The van der Waals surface area contributed by atoms with E-state index in [1.54, 1.807) is 12.1 Å². The van der Waals surface area contributed by atoms with E-state index in [4.69, 9.17) is 17.3 Å². The average Bonchev–Trinajstić information content (AvgIpc) is 2.65. The highest BCUT2D eigenvalue weighted by Gasteiger charge is 2.29. The maximum Gasteiger partial charge on any atom is 0.252 e. The van der Waals surface area contributed by atoms with Gasteiger partial charge in [-0.05, 0) is 25.0 Å². The van der Waals surface area contributed by atoms with E-state index >= 15 is 0 Å². The lowest BCUT2D eigenvalue weighted by Crippen LogP contribution is -2.45. The summed E-state index contributed by atoms with van der Waals surface area (Å²) in [5.41, 5.74) is 5.78. The quantitative estimate of drug-likeness (QED) is 0.893. The molecule has 0 amide bonds. The van der Waals surface area contributed by atoms with E-state index < -0.39 is 10.0 Å². The number of hydrogen-bond donors (Lipinski definition) is 1. The molecule has 2 heterocycles. The zero-order valence-electron chi connectivity index (χ0n) is 8.60. The van der Waals surface area contributed by atoms with Crippen LogP contribution in [0.2, 0.25) is 4.34 Å². The molecule has 1 fully saturated rings. The van der Waals surface area contributed by atoms with Crippen LogP contribution in [0.5, 0.6) is 0 Å². The Labute approximate surface area is 104 Å². The fourth-order valence-corrected chi connectivity index (χ4v) is 4.93. The van der Waals surface area contributed by atoms with Gasteiger partial charge in [0.2, 0.25) is 0 Å². The number of nitrogens with zero attached hydrogens (tertiary/aromatic N) is 1. The minimum absolute atomic E-state index is 0.0565. The van der Waals surface area contributed by atoms with Crippen molar-refractivity contribution in [3.8, 4) is 0 Å². The summed E-state index contributed by atoms with van der Waals surface area (Å²) in [6.07, 6.45) is 1.71. The minimum atomic E-state index is -3.39. The molecule has 16 heavy (non-hydrogen) atoms. The molecule has 0 aromatic carbocycles. The molecule has 0 bridgehead atoms. The molecule has 7 heteroatoms. The van der Waals surface area contributed by atoms with Crippen molar-refractivity contribution in [2.45, 2.75) is 23.1 Å². The van der Waals surface area contributed by atoms with Crippen molar-refractivity contribution in [1.82, 2.24) is 4.31 Å². The molecule has 1 aliphatic rings. The molecule has 90 valence electrons. The second-order valence-electron chi connectivity index (χ2n) is 3.82. The number of hydrogen-bond acceptors (Lipinski definition) is 4. The number of thiophene rings is 1. The molecular weight excluding hydrogens is 268 g/mol. The molecule has 0 radical (unpaired) electrons. The van der Waals surface area contributed by atoms with Gasteiger partial charge >= 0.3 is 0 Å². The fraction of sp³-hybridized carbons (Fsp3) is 0.556. The Morgan fingerprint density at radius 1 is 1.50 bits per heavy atom. The largest absolute Gasteiger partial charge is 0.327 e. The zero-order valence-corrected chi connectivity index (χ0v) is 11.0. The Balaban J connectivity index is 2.25. The van der Waals surface area contributed by atoms with E-state index in [0.717, 1.165) is 24.2 Å². The summed E-state index contributed by atoms with van der Waals surface area (Å²) in [4.78, 5) is 0. The van der Waals surface area contributed by atoms with Crippen LogP contribution >= 0.6 is 22.9 Å². The van der Waals surface area contributed by atoms with Gasteiger partial charge in [-0.2, -0.15) is 4.31 Å². The summed E-state index contributed by atoms with van der Waals surface area (Å²) in [5.74, 6) is 0. The zero-order chi connectivity index (χ0) is 11.8. The molecule has 1 saturated heterocycles. The van der Waals surface area contributed by atoms with Crippen LogP contribution in [0, 0.1) is 0 Å². The van der Waals surface area contributed by atoms with Crippen molar-refractivity contribution in [3.63, 3.8) is 0 Å². The van der Waals surface area contributed by atoms with Crippen LogP contribution in [0.4, 0.5) is 0 Å². The van der Waals surface area contributed by atoms with Crippen LogP contribution in [0.15, 0.2) is 16.3 Å². The van der Waals surface area contributed by atoms with Gasteiger partial charge in [0.15, 0.2) is 0 Å². The summed E-state index contributed by atoms with van der Waals surface area (Å²) in [6, 6.07) is 3.09. The Bertz CT molecular complexity index is 472. The normalized spacial score (nSPS) is 23.5. The highest BCUT2D eigenvalue weighted by Crippen LogP contribution is 2.29. The number of sulfonamides is 1. The lowest BCUT2D eigenvalue weighted by Gasteiger charge is -2.29.